The number of nitrogens with zero attached hydrogens (tertiary/aromatic N) is 1. The molecule has 0 atom stereocenters. The summed E-state index contributed by atoms with van der Waals surface area (Å²) in [5.74, 6) is 0.117. The first-order valence-electron chi connectivity index (χ1n) is 7.19. The largest absolute Gasteiger partial charge is 0.341 e. The molecule has 0 heterocycles. The Hall–Kier alpha value is -1.51. The molecular formula is C18H19Cl2NO. The van der Waals surface area contributed by atoms with Crippen molar-refractivity contribution >= 4 is 29.1 Å². The van der Waals surface area contributed by atoms with Crippen molar-refractivity contribution in [3.63, 3.8) is 0 Å². The zero-order valence-corrected chi connectivity index (χ0v) is 14.3. The second-order valence-electron chi connectivity index (χ2n) is 5.48. The van der Waals surface area contributed by atoms with E-state index in [2.05, 4.69) is 31.2 Å². The van der Waals surface area contributed by atoms with Crippen LogP contribution in [-0.4, -0.2) is 17.9 Å². The topological polar surface area (TPSA) is 20.3 Å². The van der Waals surface area contributed by atoms with Crippen LogP contribution in [0.15, 0.2) is 42.5 Å². The Balaban J connectivity index is 1.88. The van der Waals surface area contributed by atoms with Gasteiger partial charge in [0.2, 0.25) is 5.91 Å². The van der Waals surface area contributed by atoms with Crippen LogP contribution in [0.3, 0.4) is 0 Å². The number of benzene rings is 2. The molecule has 0 aliphatic heterocycles. The summed E-state index contributed by atoms with van der Waals surface area (Å²) in [6.07, 6.45) is 1.12. The third-order valence-corrected chi connectivity index (χ3v) is 4.32. The molecule has 0 saturated heterocycles. The van der Waals surface area contributed by atoms with E-state index in [-0.39, 0.29) is 5.91 Å². The maximum Gasteiger partial charge on any atom is 0.222 e. The molecular weight excluding hydrogens is 317 g/mol. The van der Waals surface area contributed by atoms with E-state index in [4.69, 9.17) is 23.2 Å². The summed E-state index contributed by atoms with van der Waals surface area (Å²) in [5.41, 5.74) is 3.37. The lowest BCUT2D eigenvalue weighted by Gasteiger charge is -2.17. The zero-order chi connectivity index (χ0) is 16.1. The van der Waals surface area contributed by atoms with Gasteiger partial charge in [0.15, 0.2) is 0 Å². The van der Waals surface area contributed by atoms with Gasteiger partial charge in [-0.3, -0.25) is 4.79 Å². The van der Waals surface area contributed by atoms with Crippen molar-refractivity contribution in [1.82, 2.24) is 4.90 Å². The van der Waals surface area contributed by atoms with Crippen molar-refractivity contribution in [2.24, 2.45) is 0 Å². The van der Waals surface area contributed by atoms with Gasteiger partial charge in [-0.05, 0) is 36.6 Å². The Bertz CT molecular complexity index is 653. The molecule has 0 spiro atoms. The van der Waals surface area contributed by atoms with Gasteiger partial charge < -0.3 is 4.90 Å². The number of aryl methyl sites for hydroxylation is 2. The fraction of sp³-hybridized carbons (Fsp3) is 0.278. The molecule has 0 N–H and O–H groups in total. The molecule has 0 fully saturated rings. The van der Waals surface area contributed by atoms with E-state index in [0.29, 0.717) is 29.4 Å². The van der Waals surface area contributed by atoms with Crippen molar-refractivity contribution in [3.8, 4) is 0 Å². The number of hydrogen-bond acceptors (Lipinski definition) is 1. The van der Waals surface area contributed by atoms with E-state index in [1.54, 1.807) is 11.0 Å². The predicted octanol–water partition coefficient (Wildman–Crippen LogP) is 4.89. The Labute approximate surface area is 141 Å². The fourth-order valence-electron chi connectivity index (χ4n) is 2.19. The summed E-state index contributed by atoms with van der Waals surface area (Å²) in [5, 5.41) is 1.06. The van der Waals surface area contributed by atoms with E-state index >= 15 is 0 Å². The summed E-state index contributed by atoms with van der Waals surface area (Å²) in [6.45, 7) is 2.68. The minimum Gasteiger partial charge on any atom is -0.341 e. The number of halogens is 2. The van der Waals surface area contributed by atoms with Crippen LogP contribution in [0.2, 0.25) is 10.0 Å². The number of hydrogen-bond donors (Lipinski definition) is 0. The second kappa shape index (κ2) is 7.66. The van der Waals surface area contributed by atoms with Crippen molar-refractivity contribution in [2.45, 2.75) is 26.3 Å². The van der Waals surface area contributed by atoms with Gasteiger partial charge in [0, 0.05) is 20.0 Å². The van der Waals surface area contributed by atoms with Crippen LogP contribution in [0.1, 0.15) is 23.1 Å². The molecule has 2 nitrogen and oxygen atoms in total. The lowest BCUT2D eigenvalue weighted by atomic mass is 10.1. The number of carbonyl (C=O) groups is 1. The lowest BCUT2D eigenvalue weighted by molar-refractivity contribution is -0.130. The van der Waals surface area contributed by atoms with Crippen LogP contribution < -0.4 is 0 Å². The molecule has 2 aromatic carbocycles. The van der Waals surface area contributed by atoms with Crippen LogP contribution in [0, 0.1) is 6.92 Å². The number of carbonyl (C=O) groups excluding carboxylic acids is 1. The Morgan fingerprint density at radius 1 is 1.00 bits per heavy atom. The second-order valence-corrected chi connectivity index (χ2v) is 6.30. The molecule has 22 heavy (non-hydrogen) atoms. The average Bonchev–Trinajstić information content (AvgIpc) is 2.50. The summed E-state index contributed by atoms with van der Waals surface area (Å²) in [7, 11) is 1.83. The van der Waals surface area contributed by atoms with E-state index < -0.39 is 0 Å². The summed E-state index contributed by atoms with van der Waals surface area (Å²) >= 11 is 11.9. The predicted molar refractivity (Wildman–Crippen MR) is 92.4 cm³/mol. The number of amides is 1. The molecule has 0 aliphatic carbocycles. The summed E-state index contributed by atoms with van der Waals surface area (Å²) in [4.78, 5) is 14.0. The molecule has 0 saturated carbocycles. The highest BCUT2D eigenvalue weighted by atomic mass is 35.5. The Morgan fingerprint density at radius 3 is 2.27 bits per heavy atom. The Morgan fingerprint density at radius 2 is 1.64 bits per heavy atom. The maximum absolute atomic E-state index is 12.2. The average molecular weight is 336 g/mol. The van der Waals surface area contributed by atoms with Crippen LogP contribution in [0.25, 0.3) is 0 Å². The first-order valence-corrected chi connectivity index (χ1v) is 7.95. The smallest absolute Gasteiger partial charge is 0.222 e. The van der Waals surface area contributed by atoms with Crippen LogP contribution in [-0.2, 0) is 17.8 Å². The summed E-state index contributed by atoms with van der Waals surface area (Å²) in [6, 6.07) is 13.7. The van der Waals surface area contributed by atoms with E-state index in [0.717, 1.165) is 11.1 Å². The molecule has 1 amide bonds. The van der Waals surface area contributed by atoms with Crippen molar-refractivity contribution in [1.29, 1.82) is 0 Å². The van der Waals surface area contributed by atoms with E-state index in [1.165, 1.54) is 5.56 Å². The monoisotopic (exact) mass is 335 g/mol. The highest BCUT2D eigenvalue weighted by molar-refractivity contribution is 6.42. The van der Waals surface area contributed by atoms with Crippen LogP contribution in [0.5, 0.6) is 0 Å². The minimum atomic E-state index is 0.117. The van der Waals surface area contributed by atoms with Gasteiger partial charge in [0.1, 0.15) is 0 Å². The van der Waals surface area contributed by atoms with Gasteiger partial charge in [-0.1, -0.05) is 59.1 Å². The molecule has 0 radical (unpaired) electrons. The normalized spacial score (nSPS) is 10.5. The van der Waals surface area contributed by atoms with Crippen molar-refractivity contribution in [3.05, 3.63) is 69.2 Å². The first kappa shape index (κ1) is 16.9. The third-order valence-electron chi connectivity index (χ3n) is 3.58. The summed E-state index contributed by atoms with van der Waals surface area (Å²) < 4.78 is 0. The quantitative estimate of drug-likeness (QED) is 0.761. The maximum atomic E-state index is 12.2. The first-order chi connectivity index (χ1) is 10.5. The standard InChI is InChI=1S/C18H19Cl2NO/c1-13-3-5-15(6-4-13)12-21(2)18(22)10-8-14-7-9-16(19)17(20)11-14/h3-7,9,11H,8,10,12H2,1-2H3. The van der Waals surface area contributed by atoms with Crippen LogP contribution >= 0.6 is 23.2 Å². The Kier molecular flexibility index (Phi) is 5.87. The minimum absolute atomic E-state index is 0.117. The SMILES string of the molecule is Cc1ccc(CN(C)C(=O)CCc2ccc(Cl)c(Cl)c2)cc1. The lowest BCUT2D eigenvalue weighted by Crippen LogP contribution is -2.26. The molecule has 0 aromatic heterocycles. The van der Waals surface area contributed by atoms with Gasteiger partial charge in [0.05, 0.1) is 10.0 Å². The van der Waals surface area contributed by atoms with Gasteiger partial charge in [-0.2, -0.15) is 0 Å². The van der Waals surface area contributed by atoms with Gasteiger partial charge in [0.25, 0.3) is 0 Å². The molecule has 2 rings (SSSR count). The highest BCUT2D eigenvalue weighted by Gasteiger charge is 2.10. The van der Waals surface area contributed by atoms with E-state index in [1.807, 2.05) is 19.2 Å². The zero-order valence-electron chi connectivity index (χ0n) is 12.8. The number of rotatable bonds is 5. The molecule has 0 unspecified atom stereocenters. The van der Waals surface area contributed by atoms with Crippen LogP contribution in [0.4, 0.5) is 0 Å². The molecule has 0 aliphatic rings. The fourth-order valence-corrected chi connectivity index (χ4v) is 2.51. The molecule has 116 valence electrons. The highest BCUT2D eigenvalue weighted by Crippen LogP contribution is 2.23. The van der Waals surface area contributed by atoms with Crippen molar-refractivity contribution in [2.75, 3.05) is 7.05 Å². The molecule has 2 aromatic rings. The van der Waals surface area contributed by atoms with Gasteiger partial charge in [-0.15, -0.1) is 0 Å². The van der Waals surface area contributed by atoms with Gasteiger partial charge in [-0.25, -0.2) is 0 Å². The van der Waals surface area contributed by atoms with E-state index in [9.17, 15) is 4.79 Å². The molecule has 4 heteroatoms. The third kappa shape index (κ3) is 4.75. The van der Waals surface area contributed by atoms with Gasteiger partial charge >= 0.3 is 0 Å². The van der Waals surface area contributed by atoms with Crippen molar-refractivity contribution < 1.29 is 4.79 Å². The molecule has 0 bridgehead atoms.